The molecule has 0 unspecified atom stereocenters. The molecular weight excluding hydrogens is 312 g/mol. The molecule has 0 aromatic carbocycles. The Kier molecular flexibility index (Phi) is 18.0. The fourth-order valence-corrected chi connectivity index (χ4v) is 0.873. The molecule has 0 aliphatic carbocycles. The van der Waals surface area contributed by atoms with Gasteiger partial charge in [0.05, 0.1) is 19.3 Å². The fourth-order valence-electron chi connectivity index (χ4n) is 0.873. The summed E-state index contributed by atoms with van der Waals surface area (Å²) in [4.78, 5) is 20.0. The molecule has 0 heterocycles. The summed E-state index contributed by atoms with van der Waals surface area (Å²) in [6, 6.07) is -1.85. The van der Waals surface area contributed by atoms with E-state index in [9.17, 15) is 9.59 Å². The Bertz CT molecular complexity index is 308. The van der Waals surface area contributed by atoms with Crippen molar-refractivity contribution in [2.24, 2.45) is 17.4 Å². The summed E-state index contributed by atoms with van der Waals surface area (Å²) in [5.41, 5.74) is 10.1. The number of carboxylic acid groups (broad SMARTS) is 2. The zero-order chi connectivity index (χ0) is 19.2. The lowest BCUT2D eigenvalue weighted by Crippen LogP contribution is -2.39. The molecule has 0 amide bonds. The summed E-state index contributed by atoms with van der Waals surface area (Å²) in [6.45, 7) is 4.50. The van der Waals surface area contributed by atoms with E-state index in [4.69, 9.17) is 42.1 Å². The number of aliphatic hydroxyl groups is 4. The molecule has 0 saturated heterocycles. The standard InChI is InChI=1S/C6H13NO2.C4H9NO3.C3H8O3/c1-4(2)3-5(7)6(8)9;1-2(6)3(5)4(7)8;4-1-3(6)2-5/h4-5H,3,7H2,1-2H3,(H,8,9);2-3,6H,5H2,1H3,(H,7,8);3-6H,1-2H2/t5-;2-,3+;/m01./s1. The van der Waals surface area contributed by atoms with Crippen LogP contribution in [0.3, 0.4) is 0 Å². The Morgan fingerprint density at radius 1 is 0.913 bits per heavy atom. The van der Waals surface area contributed by atoms with Gasteiger partial charge < -0.3 is 42.1 Å². The third-order valence-corrected chi connectivity index (χ3v) is 2.27. The first-order chi connectivity index (χ1) is 10.4. The Hall–Kier alpha value is -1.30. The van der Waals surface area contributed by atoms with Gasteiger partial charge in [-0.2, -0.15) is 0 Å². The minimum atomic E-state index is -1.18. The highest BCUT2D eigenvalue weighted by Crippen LogP contribution is 2.01. The van der Waals surface area contributed by atoms with Crippen LogP contribution in [0.1, 0.15) is 27.2 Å². The Morgan fingerprint density at radius 3 is 1.35 bits per heavy atom. The lowest BCUT2D eigenvalue weighted by Gasteiger charge is -2.07. The van der Waals surface area contributed by atoms with Crippen LogP contribution in [0.15, 0.2) is 0 Å². The second kappa shape index (κ2) is 15.6. The number of hydrogen-bond acceptors (Lipinski definition) is 8. The van der Waals surface area contributed by atoms with Gasteiger partial charge in [-0.15, -0.1) is 0 Å². The second-order valence-corrected chi connectivity index (χ2v) is 5.20. The molecule has 0 bridgehead atoms. The minimum absolute atomic E-state index is 0.357. The largest absolute Gasteiger partial charge is 0.480 e. The first-order valence-corrected chi connectivity index (χ1v) is 6.95. The molecular formula is C13H30N2O8. The number of rotatable bonds is 7. The highest BCUT2D eigenvalue weighted by atomic mass is 16.4. The van der Waals surface area contributed by atoms with Crippen molar-refractivity contribution in [2.45, 2.75) is 51.5 Å². The number of carboxylic acids is 2. The van der Waals surface area contributed by atoms with Gasteiger partial charge in [0.25, 0.3) is 0 Å². The van der Waals surface area contributed by atoms with Crippen LogP contribution in [-0.4, -0.2) is 80.1 Å². The van der Waals surface area contributed by atoms with E-state index >= 15 is 0 Å². The van der Waals surface area contributed by atoms with Crippen molar-refractivity contribution in [3.63, 3.8) is 0 Å². The average molecular weight is 342 g/mol. The summed E-state index contributed by atoms with van der Waals surface area (Å²) in [5, 5.41) is 48.9. The predicted molar refractivity (Wildman–Crippen MR) is 82.5 cm³/mol. The van der Waals surface area contributed by atoms with E-state index in [1.54, 1.807) is 0 Å². The topological polar surface area (TPSA) is 208 Å². The highest BCUT2D eigenvalue weighted by molar-refractivity contribution is 5.73. The van der Waals surface area contributed by atoms with Gasteiger partial charge in [-0.05, 0) is 19.3 Å². The normalized spacial score (nSPS) is 14.0. The first-order valence-electron chi connectivity index (χ1n) is 6.95. The van der Waals surface area contributed by atoms with Crippen molar-refractivity contribution >= 4 is 11.9 Å². The molecule has 0 radical (unpaired) electrons. The third-order valence-electron chi connectivity index (χ3n) is 2.27. The van der Waals surface area contributed by atoms with E-state index in [-0.39, 0.29) is 13.2 Å². The predicted octanol–water partition coefficient (Wildman–Crippen LogP) is -2.44. The molecule has 0 aromatic heterocycles. The number of aliphatic carboxylic acids is 2. The quantitative estimate of drug-likeness (QED) is 0.245. The molecule has 140 valence electrons. The minimum Gasteiger partial charge on any atom is -0.480 e. The maximum Gasteiger partial charge on any atom is 0.323 e. The molecule has 0 saturated carbocycles. The van der Waals surface area contributed by atoms with Crippen LogP contribution >= 0.6 is 0 Å². The molecule has 10 nitrogen and oxygen atoms in total. The molecule has 0 aliphatic heterocycles. The van der Waals surface area contributed by atoms with Crippen molar-refractivity contribution in [1.82, 2.24) is 0 Å². The van der Waals surface area contributed by atoms with Crippen molar-refractivity contribution in [3.8, 4) is 0 Å². The summed E-state index contributed by atoms with van der Waals surface area (Å²) in [6.07, 6.45) is -1.38. The Labute approximate surface area is 135 Å². The van der Waals surface area contributed by atoms with Gasteiger partial charge in [-0.25, -0.2) is 0 Å². The van der Waals surface area contributed by atoms with E-state index in [1.165, 1.54) is 6.92 Å². The van der Waals surface area contributed by atoms with Crippen LogP contribution in [0.5, 0.6) is 0 Å². The smallest absolute Gasteiger partial charge is 0.323 e. The van der Waals surface area contributed by atoms with E-state index in [2.05, 4.69) is 0 Å². The number of carbonyl (C=O) groups is 2. The lowest BCUT2D eigenvalue weighted by molar-refractivity contribution is -0.141. The molecule has 23 heavy (non-hydrogen) atoms. The third kappa shape index (κ3) is 20.7. The summed E-state index contributed by atoms with van der Waals surface area (Å²) in [5.74, 6) is -1.74. The van der Waals surface area contributed by atoms with Crippen LogP contribution in [0.4, 0.5) is 0 Å². The van der Waals surface area contributed by atoms with Gasteiger partial charge in [-0.3, -0.25) is 9.59 Å². The van der Waals surface area contributed by atoms with Crippen LogP contribution in [-0.2, 0) is 9.59 Å². The molecule has 0 rings (SSSR count). The van der Waals surface area contributed by atoms with Crippen LogP contribution in [0.2, 0.25) is 0 Å². The van der Waals surface area contributed by atoms with Crippen molar-refractivity contribution in [3.05, 3.63) is 0 Å². The van der Waals surface area contributed by atoms with E-state index in [0.29, 0.717) is 12.3 Å². The summed E-state index contributed by atoms with van der Waals surface area (Å²) in [7, 11) is 0. The number of aliphatic hydroxyl groups excluding tert-OH is 4. The van der Waals surface area contributed by atoms with Gasteiger partial charge >= 0.3 is 11.9 Å². The van der Waals surface area contributed by atoms with Crippen LogP contribution in [0.25, 0.3) is 0 Å². The Morgan fingerprint density at radius 2 is 1.30 bits per heavy atom. The molecule has 3 atom stereocenters. The molecule has 0 fully saturated rings. The number of hydrogen-bond donors (Lipinski definition) is 8. The highest BCUT2D eigenvalue weighted by Gasteiger charge is 2.16. The van der Waals surface area contributed by atoms with Gasteiger partial charge in [-0.1, -0.05) is 13.8 Å². The van der Waals surface area contributed by atoms with Gasteiger partial charge in [0.1, 0.15) is 18.2 Å². The van der Waals surface area contributed by atoms with E-state index < -0.39 is 36.2 Å². The van der Waals surface area contributed by atoms with Gasteiger partial charge in [0, 0.05) is 0 Å². The summed E-state index contributed by atoms with van der Waals surface area (Å²) >= 11 is 0. The molecule has 0 aliphatic rings. The number of nitrogens with two attached hydrogens (primary N) is 2. The van der Waals surface area contributed by atoms with Crippen LogP contribution < -0.4 is 11.5 Å². The molecule has 10 heteroatoms. The van der Waals surface area contributed by atoms with E-state index in [1.807, 2.05) is 13.8 Å². The fraction of sp³-hybridized carbons (Fsp3) is 0.846. The van der Waals surface area contributed by atoms with E-state index in [0.717, 1.165) is 0 Å². The SMILES string of the molecule is CC(C)C[C@H](N)C(=O)O.C[C@@H](O)[C@H](N)C(=O)O.OCC(O)CO. The second-order valence-electron chi connectivity index (χ2n) is 5.20. The average Bonchev–Trinajstić information content (AvgIpc) is 2.45. The van der Waals surface area contributed by atoms with Crippen LogP contribution in [0, 0.1) is 5.92 Å². The van der Waals surface area contributed by atoms with Gasteiger partial charge in [0.15, 0.2) is 0 Å². The van der Waals surface area contributed by atoms with Crippen molar-refractivity contribution in [1.29, 1.82) is 0 Å². The monoisotopic (exact) mass is 342 g/mol. The maximum absolute atomic E-state index is 10.1. The molecule has 10 N–H and O–H groups in total. The zero-order valence-electron chi connectivity index (χ0n) is 13.7. The van der Waals surface area contributed by atoms with Gasteiger partial charge in [0.2, 0.25) is 0 Å². The lowest BCUT2D eigenvalue weighted by atomic mass is 10.1. The Balaban J connectivity index is -0.000000266. The summed E-state index contributed by atoms with van der Waals surface area (Å²) < 4.78 is 0. The first kappa shape index (κ1) is 26.6. The zero-order valence-corrected chi connectivity index (χ0v) is 13.7. The van der Waals surface area contributed by atoms with Crippen molar-refractivity contribution in [2.75, 3.05) is 13.2 Å². The molecule has 0 spiro atoms. The van der Waals surface area contributed by atoms with Crippen molar-refractivity contribution < 1.29 is 40.2 Å². The molecule has 0 aromatic rings. The maximum atomic E-state index is 10.1.